The van der Waals surface area contributed by atoms with Crippen molar-refractivity contribution in [2.24, 2.45) is 17.6 Å². The lowest BCUT2D eigenvalue weighted by Crippen LogP contribution is -2.62. The van der Waals surface area contributed by atoms with Gasteiger partial charge in [0.2, 0.25) is 5.78 Å². The van der Waals surface area contributed by atoms with Crippen LogP contribution in [-0.4, -0.2) is 97.7 Å². The number of amides is 1. The summed E-state index contributed by atoms with van der Waals surface area (Å²) in [7, 11) is 2.09. The van der Waals surface area contributed by atoms with Crippen LogP contribution in [-0.2, 0) is 16.1 Å². The molecule has 1 aliphatic heterocycles. The number of likely N-dealkylation sites (N-methyl/N-ethyl adjacent to an activating group) is 1. The molecule has 0 aromatic heterocycles. The van der Waals surface area contributed by atoms with E-state index in [9.17, 15) is 39.9 Å². The molecule has 0 spiro atoms. The number of nitrogens with two attached hydrogens (primary N) is 1. The summed E-state index contributed by atoms with van der Waals surface area (Å²) in [5.74, 6) is -8.71. The van der Waals surface area contributed by atoms with Gasteiger partial charge in [0.1, 0.15) is 22.8 Å². The maximum absolute atomic E-state index is 14.0. The minimum atomic E-state index is -2.86. The molecule has 7 N–H and O–H groups in total. The molecule has 0 unspecified atom stereocenters. The number of ketones is 2. The van der Waals surface area contributed by atoms with Gasteiger partial charge in [-0.15, -0.1) is 0 Å². The number of hydrogen-bond donors (Lipinski definition) is 6. The lowest BCUT2D eigenvalue weighted by Gasteiger charge is -2.50. The number of hydrogen-bond acceptors (Lipinski definition) is 10. The van der Waals surface area contributed by atoms with Gasteiger partial charge in [0.15, 0.2) is 11.4 Å². The molecule has 1 amide bonds. The topological polar surface area (TPSA) is 185 Å². The highest BCUT2D eigenvalue weighted by atomic mass is 16.4. The van der Waals surface area contributed by atoms with Gasteiger partial charge in [-0.25, -0.2) is 0 Å². The number of piperazine rings is 1. The number of nitrogens with zero attached hydrogens (tertiary/aromatic N) is 2. The Morgan fingerprint density at radius 3 is 2.44 bits per heavy atom. The van der Waals surface area contributed by atoms with E-state index in [-0.39, 0.29) is 11.3 Å². The van der Waals surface area contributed by atoms with Crippen LogP contribution >= 0.6 is 0 Å². The highest BCUT2D eigenvalue weighted by Gasteiger charge is 2.64. The monoisotopic (exact) mass is 589 g/mol. The van der Waals surface area contributed by atoms with E-state index in [4.69, 9.17) is 5.73 Å². The highest BCUT2D eigenvalue weighted by Crippen LogP contribution is 2.55. The molecule has 4 aliphatic rings. The van der Waals surface area contributed by atoms with Crippen LogP contribution in [0.3, 0.4) is 0 Å². The Bertz CT molecular complexity index is 1620. The molecular formula is C32H35N3O8. The summed E-state index contributed by atoms with van der Waals surface area (Å²) >= 11 is 0. The minimum absolute atomic E-state index is 0.0988. The van der Waals surface area contributed by atoms with Crippen molar-refractivity contribution in [1.82, 2.24) is 9.80 Å². The Kier molecular flexibility index (Phi) is 6.96. The zero-order valence-corrected chi connectivity index (χ0v) is 23.9. The number of allylic oxidation sites excluding steroid dienone is 1. The molecule has 2 aromatic rings. The maximum atomic E-state index is 14.0. The van der Waals surface area contributed by atoms with E-state index in [1.807, 2.05) is 24.3 Å². The molecule has 11 heteroatoms. The van der Waals surface area contributed by atoms with E-state index in [2.05, 4.69) is 16.8 Å². The Morgan fingerprint density at radius 1 is 1.07 bits per heavy atom. The Morgan fingerprint density at radius 2 is 1.77 bits per heavy atom. The van der Waals surface area contributed by atoms with Crippen molar-refractivity contribution in [1.29, 1.82) is 0 Å². The number of Topliss-reactive ketones (excluding diaryl/α,β-unsaturated/α-hetero) is 2. The molecule has 43 heavy (non-hydrogen) atoms. The third kappa shape index (κ3) is 4.29. The Labute approximate surface area is 248 Å². The van der Waals surface area contributed by atoms with Crippen molar-refractivity contribution >= 4 is 17.5 Å². The van der Waals surface area contributed by atoms with Crippen LogP contribution in [0.25, 0.3) is 11.1 Å². The summed E-state index contributed by atoms with van der Waals surface area (Å²) in [6.07, 6.45) is -2.07. The van der Waals surface area contributed by atoms with Gasteiger partial charge < -0.3 is 36.2 Å². The van der Waals surface area contributed by atoms with E-state index in [0.29, 0.717) is 16.7 Å². The number of aliphatic hydroxyl groups excluding tert-OH is 3. The van der Waals surface area contributed by atoms with Gasteiger partial charge in [0.25, 0.3) is 5.91 Å². The fraction of sp³-hybridized carbons (Fsp3) is 0.406. The average molecular weight is 590 g/mol. The van der Waals surface area contributed by atoms with Crippen molar-refractivity contribution in [3.63, 3.8) is 0 Å². The third-order valence-electron chi connectivity index (χ3n) is 9.74. The van der Waals surface area contributed by atoms with Crippen molar-refractivity contribution in [3.05, 3.63) is 75.8 Å². The maximum Gasteiger partial charge on any atom is 0.255 e. The van der Waals surface area contributed by atoms with Gasteiger partial charge >= 0.3 is 0 Å². The normalized spacial score (nSPS) is 29.8. The molecule has 3 aliphatic carbocycles. The first kappa shape index (κ1) is 29.1. The molecule has 6 rings (SSSR count). The molecule has 1 saturated heterocycles. The highest BCUT2D eigenvalue weighted by molar-refractivity contribution is 6.24. The van der Waals surface area contributed by atoms with Gasteiger partial charge in [-0.3, -0.25) is 19.3 Å². The van der Waals surface area contributed by atoms with Gasteiger partial charge in [0.05, 0.1) is 11.7 Å². The standard InChI is InChI=1S/C32H35N3O8/c1-15-18-6-7-19(17-5-3-4-16(12-17)14-35-10-8-34(2)9-11-35)26(37)23(18)28(39)25-22(15)27(38)20-13-21(36)24(31(33)42)29(40)32(20,43)30(25)41/h3-7,12,15,20,22,27,36-38,41,43H,8-11,13-14H2,1-2H3,(H2,33,42)/t15-,20+,22+,27+,32+/m0/s1. The zero-order chi connectivity index (χ0) is 31.0. The SMILES string of the molecule is C[C@H]1c2ccc(-c3cccc(CN4CCN(C)CC4)c3)c(O)c2C(=O)C2=C(O)[C@]3(O)C(=O)C(C(N)=O)=C(O)C[C@@H]3[C@@H](O)[C@@H]21. The van der Waals surface area contributed by atoms with Crippen LogP contribution in [0, 0.1) is 11.8 Å². The van der Waals surface area contributed by atoms with Gasteiger partial charge in [-0.2, -0.15) is 0 Å². The lowest BCUT2D eigenvalue weighted by atomic mass is 9.56. The van der Waals surface area contributed by atoms with Crippen LogP contribution in [0.1, 0.15) is 40.7 Å². The quantitative estimate of drug-likeness (QED) is 0.286. The number of carbonyl (C=O) groups is 3. The first-order chi connectivity index (χ1) is 20.4. The predicted octanol–water partition coefficient (Wildman–Crippen LogP) is 1.53. The van der Waals surface area contributed by atoms with Gasteiger partial charge in [0, 0.05) is 62.1 Å². The fourth-order valence-corrected chi connectivity index (χ4v) is 7.33. The minimum Gasteiger partial charge on any atom is -0.511 e. The fourth-order valence-electron chi connectivity index (χ4n) is 7.33. The molecule has 2 aromatic carbocycles. The predicted molar refractivity (Wildman–Crippen MR) is 155 cm³/mol. The second-order valence-electron chi connectivity index (χ2n) is 12.2. The average Bonchev–Trinajstić information content (AvgIpc) is 2.96. The molecule has 1 fully saturated rings. The second-order valence-corrected chi connectivity index (χ2v) is 12.2. The molecule has 0 saturated carbocycles. The second kappa shape index (κ2) is 10.3. The Balaban J connectivity index is 1.42. The summed E-state index contributed by atoms with van der Waals surface area (Å²) in [4.78, 5) is 43.8. The van der Waals surface area contributed by atoms with Crippen LogP contribution in [0.5, 0.6) is 5.75 Å². The van der Waals surface area contributed by atoms with E-state index < -0.39 is 76.0 Å². The molecule has 0 bridgehead atoms. The number of benzene rings is 2. The van der Waals surface area contributed by atoms with Crippen molar-refractivity contribution < 1.29 is 39.9 Å². The summed E-state index contributed by atoms with van der Waals surface area (Å²) in [5.41, 5.74) is 3.54. The largest absolute Gasteiger partial charge is 0.511 e. The van der Waals surface area contributed by atoms with Gasteiger partial charge in [-0.05, 0) is 35.7 Å². The number of aliphatic hydroxyl groups is 4. The third-order valence-corrected chi connectivity index (χ3v) is 9.74. The van der Waals surface area contributed by atoms with E-state index in [1.165, 1.54) is 0 Å². The number of primary amides is 1. The van der Waals surface area contributed by atoms with E-state index in [1.54, 1.807) is 19.1 Å². The smallest absolute Gasteiger partial charge is 0.255 e. The van der Waals surface area contributed by atoms with Gasteiger partial charge in [-0.1, -0.05) is 37.3 Å². The van der Waals surface area contributed by atoms with Crippen LogP contribution < -0.4 is 5.73 Å². The number of carbonyl (C=O) groups excluding carboxylic acids is 3. The number of rotatable bonds is 4. The van der Waals surface area contributed by atoms with Crippen molar-refractivity contribution in [2.75, 3.05) is 33.2 Å². The number of phenols is 1. The number of aromatic hydroxyl groups is 1. The van der Waals surface area contributed by atoms with Crippen LogP contribution in [0.4, 0.5) is 0 Å². The summed E-state index contributed by atoms with van der Waals surface area (Å²) in [6.45, 7) is 6.28. The van der Waals surface area contributed by atoms with Crippen molar-refractivity contribution in [2.45, 2.75) is 37.5 Å². The first-order valence-electron chi connectivity index (χ1n) is 14.4. The molecular weight excluding hydrogens is 554 g/mol. The molecule has 226 valence electrons. The summed E-state index contributed by atoms with van der Waals surface area (Å²) in [5, 5.41) is 56.2. The van der Waals surface area contributed by atoms with E-state index in [0.717, 1.165) is 38.3 Å². The molecule has 5 atom stereocenters. The van der Waals surface area contributed by atoms with Crippen LogP contribution in [0.2, 0.25) is 0 Å². The number of fused-ring (bicyclic) bond motifs is 3. The molecule has 11 nitrogen and oxygen atoms in total. The lowest BCUT2D eigenvalue weighted by molar-refractivity contribution is -0.154. The number of phenolic OH excluding ortho intramolecular Hbond substituents is 1. The molecule has 1 heterocycles. The first-order valence-corrected chi connectivity index (χ1v) is 14.4. The summed E-state index contributed by atoms with van der Waals surface area (Å²) < 4.78 is 0. The summed E-state index contributed by atoms with van der Waals surface area (Å²) in [6, 6.07) is 11.1. The van der Waals surface area contributed by atoms with Crippen LogP contribution in [0.15, 0.2) is 59.1 Å². The van der Waals surface area contributed by atoms with E-state index >= 15 is 0 Å². The Hall–Kier alpha value is -4.03. The molecule has 0 radical (unpaired) electrons. The zero-order valence-electron chi connectivity index (χ0n) is 23.9. The van der Waals surface area contributed by atoms with Crippen molar-refractivity contribution in [3.8, 4) is 16.9 Å².